The van der Waals surface area contributed by atoms with Crippen molar-refractivity contribution in [2.75, 3.05) is 65.2 Å². The highest BCUT2D eigenvalue weighted by molar-refractivity contribution is 6.76. The van der Waals surface area contributed by atoms with Crippen LogP contribution in [-0.2, 0) is 38.6 Å². The molecule has 3 aromatic rings. The molecule has 2 aromatic heterocycles. The van der Waals surface area contributed by atoms with Crippen LogP contribution in [0, 0.1) is 11.3 Å². The molecular weight excluding hydrogens is 588 g/mol. The van der Waals surface area contributed by atoms with Gasteiger partial charge in [-0.15, -0.1) is 0 Å². The summed E-state index contributed by atoms with van der Waals surface area (Å²) in [6, 6.07) is 4.74. The number of hydrogen-bond donors (Lipinski definition) is 1. The zero-order valence-electron chi connectivity index (χ0n) is 28.1. The van der Waals surface area contributed by atoms with Crippen LogP contribution in [0.1, 0.15) is 31.5 Å². The molecule has 3 heterocycles. The van der Waals surface area contributed by atoms with Crippen LogP contribution < -0.4 is 9.64 Å². The number of imidazole rings is 1. The average Bonchev–Trinajstić information content (AvgIpc) is 3.32. The Labute approximate surface area is 267 Å². The number of amides is 1. The van der Waals surface area contributed by atoms with E-state index in [0.717, 1.165) is 61.1 Å². The summed E-state index contributed by atoms with van der Waals surface area (Å²) in [7, 11) is 2.28. The number of H-pyrrole nitrogens is 1. The van der Waals surface area contributed by atoms with E-state index in [-0.39, 0.29) is 11.9 Å². The van der Waals surface area contributed by atoms with Gasteiger partial charge in [0.15, 0.2) is 5.82 Å². The number of nitrogens with zero attached hydrogens (tertiary/aromatic N) is 5. The smallest absolute Gasteiger partial charge is 0.243 e. The minimum absolute atomic E-state index is 0.00183. The molecule has 0 spiro atoms. The van der Waals surface area contributed by atoms with Gasteiger partial charge >= 0.3 is 0 Å². The number of rotatable bonds is 13. The predicted molar refractivity (Wildman–Crippen MR) is 178 cm³/mol. The SMILES string of the molecule is COCCOc1cc2[nH]c(-c3nn(COCC[Si](C)(C)C)c4c3C[C@@H]3C[C@]3(C)C4)nc2cc1N(C)C(=O)C(C)N1CCOCC1. The zero-order valence-corrected chi connectivity index (χ0v) is 29.1. The van der Waals surface area contributed by atoms with Gasteiger partial charge in [-0.05, 0) is 49.6 Å². The number of methoxy groups -OCH3 is 1. The Bertz CT molecular complexity index is 1530. The Kier molecular flexibility index (Phi) is 9.14. The van der Waals surface area contributed by atoms with Crippen LogP contribution in [0.15, 0.2) is 12.1 Å². The number of benzene rings is 1. The van der Waals surface area contributed by atoms with Gasteiger partial charge in [-0.1, -0.05) is 26.6 Å². The van der Waals surface area contributed by atoms with Crippen LogP contribution in [-0.4, -0.2) is 105 Å². The summed E-state index contributed by atoms with van der Waals surface area (Å²) in [6.07, 6.45) is 3.29. The van der Waals surface area contributed by atoms with Crippen molar-refractivity contribution in [3.05, 3.63) is 23.4 Å². The first-order valence-electron chi connectivity index (χ1n) is 16.4. The van der Waals surface area contributed by atoms with E-state index in [1.165, 1.54) is 17.7 Å². The molecule has 1 unspecified atom stereocenters. The van der Waals surface area contributed by atoms with Crippen molar-refractivity contribution in [3.8, 4) is 17.3 Å². The Morgan fingerprint density at radius 3 is 2.73 bits per heavy atom. The number of hydrogen-bond acceptors (Lipinski definition) is 8. The largest absolute Gasteiger partial charge is 0.489 e. The molecule has 0 radical (unpaired) electrons. The van der Waals surface area contributed by atoms with E-state index in [1.54, 1.807) is 12.0 Å². The second-order valence-corrected chi connectivity index (χ2v) is 20.2. The molecule has 12 heteroatoms. The second kappa shape index (κ2) is 12.8. The quantitative estimate of drug-likeness (QED) is 0.214. The highest BCUT2D eigenvalue weighted by Crippen LogP contribution is 2.60. The summed E-state index contributed by atoms with van der Waals surface area (Å²) in [4.78, 5) is 26.1. The molecule has 0 bridgehead atoms. The summed E-state index contributed by atoms with van der Waals surface area (Å²) < 4.78 is 25.2. The Morgan fingerprint density at radius 1 is 1.22 bits per heavy atom. The third-order valence-electron chi connectivity index (χ3n) is 9.91. The third-order valence-corrected chi connectivity index (χ3v) is 11.6. The normalized spacial score (nSPS) is 22.2. The molecule has 1 saturated carbocycles. The number of aromatic amines is 1. The minimum Gasteiger partial charge on any atom is -0.489 e. The number of morpholine rings is 1. The molecule has 3 aliphatic rings. The molecule has 246 valence electrons. The lowest BCUT2D eigenvalue weighted by Gasteiger charge is -2.33. The fourth-order valence-electron chi connectivity index (χ4n) is 6.71. The molecule has 2 aliphatic carbocycles. The third kappa shape index (κ3) is 6.85. The van der Waals surface area contributed by atoms with Crippen molar-refractivity contribution in [2.45, 2.75) is 71.6 Å². The number of fused-ring (bicyclic) bond motifs is 3. The summed E-state index contributed by atoms with van der Waals surface area (Å²) >= 11 is 0. The summed E-state index contributed by atoms with van der Waals surface area (Å²) in [5.41, 5.74) is 6.11. The number of carbonyl (C=O) groups is 1. The highest BCUT2D eigenvalue weighted by atomic mass is 28.3. The van der Waals surface area contributed by atoms with Gasteiger partial charge in [0, 0.05) is 59.3 Å². The summed E-state index contributed by atoms with van der Waals surface area (Å²) in [5.74, 6) is 2.04. The van der Waals surface area contributed by atoms with Crippen molar-refractivity contribution in [1.29, 1.82) is 0 Å². The maximum Gasteiger partial charge on any atom is 0.243 e. The van der Waals surface area contributed by atoms with Gasteiger partial charge in [-0.3, -0.25) is 9.69 Å². The molecule has 3 atom stereocenters. The topological polar surface area (TPSA) is 107 Å². The summed E-state index contributed by atoms with van der Waals surface area (Å²) in [5, 5.41) is 5.10. The predicted octanol–water partition coefficient (Wildman–Crippen LogP) is 4.57. The van der Waals surface area contributed by atoms with Gasteiger partial charge in [0.25, 0.3) is 0 Å². The van der Waals surface area contributed by atoms with Crippen molar-refractivity contribution in [3.63, 3.8) is 0 Å². The zero-order chi connectivity index (χ0) is 31.9. The first-order valence-corrected chi connectivity index (χ1v) is 20.1. The first-order chi connectivity index (χ1) is 21.5. The Morgan fingerprint density at radius 2 is 2.00 bits per heavy atom. The fourth-order valence-corrected chi connectivity index (χ4v) is 7.47. The van der Waals surface area contributed by atoms with E-state index in [2.05, 4.69) is 41.1 Å². The molecule has 2 fully saturated rings. The van der Waals surface area contributed by atoms with Crippen LogP contribution in [0.3, 0.4) is 0 Å². The minimum atomic E-state index is -1.18. The highest BCUT2D eigenvalue weighted by Gasteiger charge is 2.54. The van der Waals surface area contributed by atoms with Crippen molar-refractivity contribution < 1.29 is 23.7 Å². The van der Waals surface area contributed by atoms with Crippen LogP contribution in [0.4, 0.5) is 5.69 Å². The molecule has 11 nitrogen and oxygen atoms in total. The van der Waals surface area contributed by atoms with Gasteiger partial charge in [0.05, 0.1) is 42.6 Å². The van der Waals surface area contributed by atoms with E-state index >= 15 is 0 Å². The number of likely N-dealkylation sites (N-methyl/N-ethyl adjacent to an activating group) is 1. The van der Waals surface area contributed by atoms with Gasteiger partial charge < -0.3 is 28.8 Å². The first kappa shape index (κ1) is 32.2. The summed E-state index contributed by atoms with van der Waals surface area (Å²) in [6.45, 7) is 16.3. The molecule has 45 heavy (non-hydrogen) atoms. The van der Waals surface area contributed by atoms with Gasteiger partial charge in [0.1, 0.15) is 24.8 Å². The van der Waals surface area contributed by atoms with E-state index in [0.29, 0.717) is 55.9 Å². The monoisotopic (exact) mass is 638 g/mol. The average molecular weight is 639 g/mol. The maximum atomic E-state index is 13.7. The van der Waals surface area contributed by atoms with Gasteiger partial charge in [-0.25, -0.2) is 9.67 Å². The maximum absolute atomic E-state index is 13.7. The second-order valence-electron chi connectivity index (χ2n) is 14.5. The number of anilines is 1. The van der Waals surface area contributed by atoms with Crippen molar-refractivity contribution in [2.24, 2.45) is 11.3 Å². The fraction of sp³-hybridized carbons (Fsp3) is 0.667. The number of carbonyl (C=O) groups excluding carboxylic acids is 1. The number of aromatic nitrogens is 4. The molecule has 1 saturated heterocycles. The molecule has 1 aliphatic heterocycles. The van der Waals surface area contributed by atoms with E-state index in [1.807, 2.05) is 26.1 Å². The number of nitrogens with one attached hydrogen (secondary N) is 1. The van der Waals surface area contributed by atoms with Crippen LogP contribution in [0.2, 0.25) is 25.7 Å². The van der Waals surface area contributed by atoms with E-state index in [4.69, 9.17) is 29.0 Å². The molecular formula is C33H50N6O5Si. The van der Waals surface area contributed by atoms with Crippen molar-refractivity contribution in [1.82, 2.24) is 24.6 Å². The Balaban J connectivity index is 1.31. The Hall–Kier alpha value is -2.77. The lowest BCUT2D eigenvalue weighted by Crippen LogP contribution is -2.50. The molecule has 6 rings (SSSR count). The standard InChI is InChI=1S/C33H50N6O5Si/c1-22(38-8-10-42-11-9-38)32(40)37(3)27-17-25-26(18-29(27)44-13-12-41-4)35-31(34-25)30-24-16-23-19-33(23,2)20-28(24)39(36-30)21-43-14-15-45(5,6)7/h17-18,22-23H,8-16,19-21H2,1-7H3,(H,34,35)/t22?,23-,33-/m1/s1. The van der Waals surface area contributed by atoms with Crippen LogP contribution in [0.5, 0.6) is 5.75 Å². The lowest BCUT2D eigenvalue weighted by atomic mass is 9.87. The number of ether oxygens (including phenoxy) is 4. The van der Waals surface area contributed by atoms with Crippen molar-refractivity contribution >= 4 is 30.7 Å². The van der Waals surface area contributed by atoms with Gasteiger partial charge in [0.2, 0.25) is 5.91 Å². The van der Waals surface area contributed by atoms with E-state index < -0.39 is 8.07 Å². The molecule has 1 aromatic carbocycles. The lowest BCUT2D eigenvalue weighted by molar-refractivity contribution is -0.124. The van der Waals surface area contributed by atoms with Gasteiger partial charge in [-0.2, -0.15) is 5.10 Å². The van der Waals surface area contributed by atoms with E-state index in [9.17, 15) is 4.79 Å². The van der Waals surface area contributed by atoms with Crippen LogP contribution in [0.25, 0.3) is 22.6 Å². The molecule has 1 N–H and O–H groups in total. The molecule has 1 amide bonds. The van der Waals surface area contributed by atoms with Crippen LogP contribution >= 0.6 is 0 Å².